The molecule has 2 N–H and O–H groups in total. The molecule has 0 saturated carbocycles. The van der Waals surface area contributed by atoms with Crippen LogP contribution in [0.2, 0.25) is 10.0 Å². The molecule has 5 nitrogen and oxygen atoms in total. The van der Waals surface area contributed by atoms with Gasteiger partial charge in [-0.1, -0.05) is 46.7 Å². The van der Waals surface area contributed by atoms with Crippen LogP contribution in [0.15, 0.2) is 36.4 Å². The minimum absolute atomic E-state index is 0.182. The molecule has 9 heteroatoms. The second-order valence-electron chi connectivity index (χ2n) is 5.28. The Bertz CT molecular complexity index is 974. The highest BCUT2D eigenvalue weighted by molar-refractivity contribution is 7.80. The zero-order valence-corrected chi connectivity index (χ0v) is 16.7. The Labute approximate surface area is 169 Å². The number of halogens is 2. The molecule has 1 aromatic heterocycles. The molecule has 1 amide bonds. The van der Waals surface area contributed by atoms with Gasteiger partial charge in [0.15, 0.2) is 10.2 Å². The van der Waals surface area contributed by atoms with Gasteiger partial charge in [0.1, 0.15) is 5.75 Å². The van der Waals surface area contributed by atoms with Crippen LogP contribution in [-0.4, -0.2) is 23.1 Å². The van der Waals surface area contributed by atoms with Crippen molar-refractivity contribution >= 4 is 73.1 Å². The zero-order chi connectivity index (χ0) is 18.7. The summed E-state index contributed by atoms with van der Waals surface area (Å²) < 4.78 is 6.09. The molecule has 0 aliphatic rings. The van der Waals surface area contributed by atoms with E-state index in [4.69, 9.17) is 40.2 Å². The van der Waals surface area contributed by atoms with Crippen molar-refractivity contribution < 1.29 is 9.53 Å². The Hall–Kier alpha value is -1.93. The van der Waals surface area contributed by atoms with Gasteiger partial charge in [0.2, 0.25) is 5.91 Å². The lowest BCUT2D eigenvalue weighted by molar-refractivity contribution is -0.119. The average Bonchev–Trinajstić information content (AvgIpc) is 2.96. The van der Waals surface area contributed by atoms with Gasteiger partial charge in [-0.05, 0) is 36.0 Å². The molecule has 2 aromatic carbocycles. The highest BCUT2D eigenvalue weighted by Crippen LogP contribution is 2.34. The van der Waals surface area contributed by atoms with Crippen LogP contribution in [0.3, 0.4) is 0 Å². The van der Waals surface area contributed by atoms with E-state index in [1.807, 2.05) is 6.07 Å². The SMILES string of the molecule is COc1cc2sc(NC(=S)NC(=O)Cc3ccc(Cl)cc3)nc2cc1Cl. The Morgan fingerprint density at radius 2 is 2.00 bits per heavy atom. The monoisotopic (exact) mass is 425 g/mol. The molecule has 0 bridgehead atoms. The van der Waals surface area contributed by atoms with Crippen LogP contribution in [0.4, 0.5) is 5.13 Å². The standard InChI is InChI=1S/C17H13Cl2N3O2S2/c1-24-13-8-14-12(7-11(13)19)20-17(26-14)22-16(25)21-15(23)6-9-2-4-10(18)5-3-9/h2-5,7-8H,6H2,1H3,(H2,20,21,22,23,25). The first-order valence-corrected chi connectivity index (χ1v) is 9.42. The van der Waals surface area contributed by atoms with Crippen LogP contribution in [0, 0.1) is 0 Å². The van der Waals surface area contributed by atoms with E-state index >= 15 is 0 Å². The van der Waals surface area contributed by atoms with Gasteiger partial charge in [0.25, 0.3) is 0 Å². The summed E-state index contributed by atoms with van der Waals surface area (Å²) in [5.41, 5.74) is 1.56. The summed E-state index contributed by atoms with van der Waals surface area (Å²) in [6.45, 7) is 0. The van der Waals surface area contributed by atoms with Gasteiger partial charge in [0, 0.05) is 11.1 Å². The molecule has 26 heavy (non-hydrogen) atoms. The van der Waals surface area contributed by atoms with Crippen molar-refractivity contribution in [3.63, 3.8) is 0 Å². The van der Waals surface area contributed by atoms with Crippen LogP contribution in [0.25, 0.3) is 10.2 Å². The Kier molecular flexibility index (Phi) is 5.93. The molecular weight excluding hydrogens is 413 g/mol. The van der Waals surface area contributed by atoms with Gasteiger partial charge in [0.05, 0.1) is 28.8 Å². The summed E-state index contributed by atoms with van der Waals surface area (Å²) in [5.74, 6) is 0.351. The smallest absolute Gasteiger partial charge is 0.230 e. The molecule has 134 valence electrons. The van der Waals surface area contributed by atoms with Gasteiger partial charge in [-0.3, -0.25) is 4.79 Å². The van der Waals surface area contributed by atoms with Crippen molar-refractivity contribution in [2.75, 3.05) is 12.4 Å². The zero-order valence-electron chi connectivity index (χ0n) is 13.5. The average molecular weight is 426 g/mol. The predicted octanol–water partition coefficient (Wildman–Crippen LogP) is 4.67. The van der Waals surface area contributed by atoms with Crippen molar-refractivity contribution in [1.82, 2.24) is 10.3 Å². The number of ether oxygens (including phenoxy) is 1. The maximum Gasteiger partial charge on any atom is 0.230 e. The fourth-order valence-corrected chi connectivity index (χ4v) is 3.74. The molecular formula is C17H13Cl2N3O2S2. The normalized spacial score (nSPS) is 10.6. The fraction of sp³-hybridized carbons (Fsp3) is 0.118. The second-order valence-corrected chi connectivity index (χ2v) is 7.56. The van der Waals surface area contributed by atoms with E-state index in [0.29, 0.717) is 20.9 Å². The number of amides is 1. The Morgan fingerprint density at radius 1 is 1.27 bits per heavy atom. The maximum atomic E-state index is 12.1. The maximum absolute atomic E-state index is 12.1. The van der Waals surface area contributed by atoms with E-state index in [1.54, 1.807) is 37.4 Å². The molecule has 0 aliphatic carbocycles. The van der Waals surface area contributed by atoms with Gasteiger partial charge in [-0.25, -0.2) is 4.98 Å². The summed E-state index contributed by atoms with van der Waals surface area (Å²) in [5, 5.41) is 7.39. The number of anilines is 1. The number of nitrogens with zero attached hydrogens (tertiary/aromatic N) is 1. The lowest BCUT2D eigenvalue weighted by Gasteiger charge is -2.07. The molecule has 1 heterocycles. The third-order valence-corrected chi connectivity index (χ3v) is 5.10. The summed E-state index contributed by atoms with van der Waals surface area (Å²) in [6.07, 6.45) is 0.200. The lowest BCUT2D eigenvalue weighted by Crippen LogP contribution is -2.35. The summed E-state index contributed by atoms with van der Waals surface area (Å²) >= 11 is 18.5. The van der Waals surface area contributed by atoms with Crippen LogP contribution < -0.4 is 15.4 Å². The van der Waals surface area contributed by atoms with Crippen molar-refractivity contribution in [2.45, 2.75) is 6.42 Å². The first-order valence-electron chi connectivity index (χ1n) is 7.44. The number of aromatic nitrogens is 1. The number of hydrogen-bond donors (Lipinski definition) is 2. The molecule has 0 spiro atoms. The van der Waals surface area contributed by atoms with Gasteiger partial charge < -0.3 is 15.4 Å². The van der Waals surface area contributed by atoms with Crippen LogP contribution in [-0.2, 0) is 11.2 Å². The highest BCUT2D eigenvalue weighted by Gasteiger charge is 2.11. The molecule has 3 rings (SSSR count). The molecule has 0 saturated heterocycles. The van der Waals surface area contributed by atoms with Crippen LogP contribution in [0.1, 0.15) is 5.56 Å². The number of thiocarbonyl (C=S) groups is 1. The Balaban J connectivity index is 1.63. The van der Waals surface area contributed by atoms with E-state index in [0.717, 1.165) is 15.8 Å². The topological polar surface area (TPSA) is 63.2 Å². The number of benzene rings is 2. The number of hydrogen-bond acceptors (Lipinski definition) is 5. The van der Waals surface area contributed by atoms with Gasteiger partial charge >= 0.3 is 0 Å². The molecule has 3 aromatic rings. The third kappa shape index (κ3) is 4.62. The van der Waals surface area contributed by atoms with E-state index in [-0.39, 0.29) is 17.4 Å². The number of carbonyl (C=O) groups excluding carboxylic acids is 1. The van der Waals surface area contributed by atoms with Crippen molar-refractivity contribution in [2.24, 2.45) is 0 Å². The molecule has 0 aliphatic heterocycles. The summed E-state index contributed by atoms with van der Waals surface area (Å²) in [6, 6.07) is 10.6. The summed E-state index contributed by atoms with van der Waals surface area (Å²) in [4.78, 5) is 16.5. The Morgan fingerprint density at radius 3 is 2.69 bits per heavy atom. The van der Waals surface area contributed by atoms with E-state index < -0.39 is 0 Å². The summed E-state index contributed by atoms with van der Waals surface area (Å²) in [7, 11) is 1.55. The van der Waals surface area contributed by atoms with E-state index in [1.165, 1.54) is 11.3 Å². The van der Waals surface area contributed by atoms with Gasteiger partial charge in [-0.2, -0.15) is 0 Å². The van der Waals surface area contributed by atoms with Crippen molar-refractivity contribution in [3.8, 4) is 5.75 Å². The number of fused-ring (bicyclic) bond motifs is 1. The minimum atomic E-state index is -0.226. The lowest BCUT2D eigenvalue weighted by atomic mass is 10.1. The minimum Gasteiger partial charge on any atom is -0.495 e. The largest absolute Gasteiger partial charge is 0.495 e. The first-order chi connectivity index (χ1) is 12.4. The first kappa shape index (κ1) is 18.8. The number of carbonyl (C=O) groups is 1. The highest BCUT2D eigenvalue weighted by atomic mass is 35.5. The number of nitrogens with one attached hydrogen (secondary N) is 2. The second kappa shape index (κ2) is 8.18. The number of rotatable bonds is 4. The van der Waals surface area contributed by atoms with Crippen molar-refractivity contribution in [3.05, 3.63) is 52.0 Å². The third-order valence-electron chi connectivity index (χ3n) is 3.41. The molecule has 0 atom stereocenters. The van der Waals surface area contributed by atoms with Gasteiger partial charge in [-0.15, -0.1) is 0 Å². The number of thiazole rings is 1. The quantitative estimate of drug-likeness (QED) is 0.594. The van der Waals surface area contributed by atoms with E-state index in [9.17, 15) is 4.79 Å². The van der Waals surface area contributed by atoms with Crippen molar-refractivity contribution in [1.29, 1.82) is 0 Å². The molecule has 0 unspecified atom stereocenters. The van der Waals surface area contributed by atoms with E-state index in [2.05, 4.69) is 15.6 Å². The molecule has 0 radical (unpaired) electrons. The predicted molar refractivity (Wildman–Crippen MR) is 111 cm³/mol. The fourth-order valence-electron chi connectivity index (χ4n) is 2.23. The number of methoxy groups -OCH3 is 1. The van der Waals surface area contributed by atoms with Crippen LogP contribution >= 0.6 is 46.8 Å². The molecule has 0 fully saturated rings. The van der Waals surface area contributed by atoms with Crippen LogP contribution in [0.5, 0.6) is 5.75 Å².